The first kappa shape index (κ1) is 19.5. The van der Waals surface area contributed by atoms with Crippen LogP contribution < -0.4 is 4.90 Å². The fourth-order valence-electron chi connectivity index (χ4n) is 2.81. The molecule has 1 amide bonds. The number of carbonyl (C=O) groups is 1. The molecule has 0 unspecified atom stereocenters. The molecule has 0 bridgehead atoms. The van der Waals surface area contributed by atoms with Crippen LogP contribution in [0.1, 0.15) is 11.1 Å². The van der Waals surface area contributed by atoms with E-state index in [1.54, 1.807) is 37.4 Å². The van der Waals surface area contributed by atoms with Crippen LogP contribution in [0, 0.1) is 5.82 Å². The second kappa shape index (κ2) is 8.63. The number of benzene rings is 2. The molecule has 5 nitrogen and oxygen atoms in total. The van der Waals surface area contributed by atoms with Crippen LogP contribution in [-0.4, -0.2) is 49.0 Å². The van der Waals surface area contributed by atoms with Gasteiger partial charge in [0.2, 0.25) is 0 Å². The minimum Gasteiger partial charge on any atom is -0.395 e. The molecule has 0 fully saturated rings. The van der Waals surface area contributed by atoms with Crippen LogP contribution in [0.2, 0.25) is 0 Å². The Labute approximate surface area is 163 Å². The predicted molar refractivity (Wildman–Crippen MR) is 110 cm³/mol. The molecule has 28 heavy (non-hydrogen) atoms. The molecule has 0 saturated carbocycles. The first-order valence-electron chi connectivity index (χ1n) is 8.92. The summed E-state index contributed by atoms with van der Waals surface area (Å²) in [6.07, 6.45) is 5.15. The molecule has 0 aliphatic carbocycles. The maximum Gasteiger partial charge on any atom is 0.277 e. The molecule has 6 heteroatoms. The standard InChI is InChI=1S/C22H22FN3O2/c1-25(12-13-27)19-9-6-17(7-10-19)15-20-22(28)26(2)21(24-20)11-8-16-4-3-5-18(23)14-16/h3-11,14-15,27H,12-13H2,1-2H3. The molecule has 0 radical (unpaired) electrons. The van der Waals surface area contributed by atoms with Gasteiger partial charge in [-0.05, 0) is 47.5 Å². The Morgan fingerprint density at radius 1 is 1.14 bits per heavy atom. The van der Waals surface area contributed by atoms with Crippen LogP contribution in [0.25, 0.3) is 12.2 Å². The number of aliphatic hydroxyl groups excluding tert-OH is 1. The van der Waals surface area contributed by atoms with Gasteiger partial charge in [-0.1, -0.05) is 30.3 Å². The van der Waals surface area contributed by atoms with Crippen molar-refractivity contribution in [3.05, 3.63) is 77.2 Å². The molecular formula is C22H22FN3O2. The van der Waals surface area contributed by atoms with E-state index in [1.807, 2.05) is 36.2 Å². The van der Waals surface area contributed by atoms with Crippen molar-refractivity contribution < 1.29 is 14.3 Å². The number of halogens is 1. The topological polar surface area (TPSA) is 56.1 Å². The third-order valence-corrected chi connectivity index (χ3v) is 4.45. The summed E-state index contributed by atoms with van der Waals surface area (Å²) in [6.45, 7) is 0.638. The lowest BCUT2D eigenvalue weighted by Crippen LogP contribution is -2.26. The molecule has 0 saturated heterocycles. The SMILES string of the molecule is CN1C(=O)C(=Cc2ccc(N(C)CCO)cc2)N=C1C=Cc1cccc(F)c1. The molecule has 2 aromatic carbocycles. The molecule has 1 N–H and O–H groups in total. The van der Waals surface area contributed by atoms with E-state index in [1.165, 1.54) is 17.0 Å². The zero-order valence-corrected chi connectivity index (χ0v) is 15.8. The minimum absolute atomic E-state index is 0.0871. The largest absolute Gasteiger partial charge is 0.395 e. The number of hydrogen-bond donors (Lipinski definition) is 1. The Balaban J connectivity index is 1.79. The molecular weight excluding hydrogens is 357 g/mol. The number of anilines is 1. The minimum atomic E-state index is -0.311. The Hall–Kier alpha value is -3.25. The zero-order chi connectivity index (χ0) is 20.1. The van der Waals surface area contributed by atoms with E-state index in [0.29, 0.717) is 23.6 Å². The third-order valence-electron chi connectivity index (χ3n) is 4.45. The first-order valence-corrected chi connectivity index (χ1v) is 8.92. The van der Waals surface area contributed by atoms with Crippen LogP contribution in [0.3, 0.4) is 0 Å². The summed E-state index contributed by atoms with van der Waals surface area (Å²) >= 11 is 0. The molecule has 2 aromatic rings. The van der Waals surface area contributed by atoms with E-state index in [9.17, 15) is 9.18 Å². The maximum atomic E-state index is 13.3. The highest BCUT2D eigenvalue weighted by molar-refractivity contribution is 6.18. The van der Waals surface area contributed by atoms with E-state index in [2.05, 4.69) is 4.99 Å². The second-order valence-corrected chi connectivity index (χ2v) is 6.49. The monoisotopic (exact) mass is 379 g/mol. The van der Waals surface area contributed by atoms with Crippen molar-refractivity contribution in [2.24, 2.45) is 4.99 Å². The number of amides is 1. The smallest absolute Gasteiger partial charge is 0.277 e. The Morgan fingerprint density at radius 2 is 1.89 bits per heavy atom. The summed E-state index contributed by atoms with van der Waals surface area (Å²) in [6, 6.07) is 13.9. The number of carbonyl (C=O) groups excluding carboxylic acids is 1. The van der Waals surface area contributed by atoms with E-state index in [0.717, 1.165) is 11.3 Å². The quantitative estimate of drug-likeness (QED) is 0.785. The van der Waals surface area contributed by atoms with Crippen LogP contribution in [0.15, 0.2) is 65.3 Å². The highest BCUT2D eigenvalue weighted by Gasteiger charge is 2.25. The Bertz CT molecular complexity index is 949. The molecule has 0 aromatic heterocycles. The predicted octanol–water partition coefficient (Wildman–Crippen LogP) is 3.18. The van der Waals surface area contributed by atoms with Crippen molar-refractivity contribution in [2.75, 3.05) is 32.1 Å². The number of hydrogen-bond acceptors (Lipinski definition) is 4. The van der Waals surface area contributed by atoms with E-state index < -0.39 is 0 Å². The Morgan fingerprint density at radius 3 is 2.57 bits per heavy atom. The summed E-state index contributed by atoms with van der Waals surface area (Å²) in [5.41, 5.74) is 2.88. The normalized spacial score (nSPS) is 15.6. The molecule has 0 atom stereocenters. The fourth-order valence-corrected chi connectivity index (χ4v) is 2.81. The van der Waals surface area contributed by atoms with Gasteiger partial charge in [0.05, 0.1) is 6.61 Å². The summed E-state index contributed by atoms with van der Waals surface area (Å²) < 4.78 is 13.3. The van der Waals surface area contributed by atoms with Crippen LogP contribution in [0.4, 0.5) is 10.1 Å². The zero-order valence-electron chi connectivity index (χ0n) is 15.8. The lowest BCUT2D eigenvalue weighted by molar-refractivity contribution is -0.121. The lowest BCUT2D eigenvalue weighted by atomic mass is 10.1. The van der Waals surface area contributed by atoms with Crippen molar-refractivity contribution in [3.8, 4) is 0 Å². The summed E-state index contributed by atoms with van der Waals surface area (Å²) in [4.78, 5) is 20.3. The van der Waals surface area contributed by atoms with Gasteiger partial charge in [-0.25, -0.2) is 9.38 Å². The van der Waals surface area contributed by atoms with Crippen molar-refractivity contribution in [3.63, 3.8) is 0 Å². The molecule has 3 rings (SSSR count). The van der Waals surface area contributed by atoms with Crippen LogP contribution in [0.5, 0.6) is 0 Å². The van der Waals surface area contributed by atoms with Gasteiger partial charge in [-0.15, -0.1) is 0 Å². The van der Waals surface area contributed by atoms with E-state index in [4.69, 9.17) is 5.11 Å². The van der Waals surface area contributed by atoms with Gasteiger partial charge >= 0.3 is 0 Å². The lowest BCUT2D eigenvalue weighted by Gasteiger charge is -2.17. The fraction of sp³-hybridized carbons (Fsp3) is 0.182. The van der Waals surface area contributed by atoms with Gasteiger partial charge in [-0.2, -0.15) is 0 Å². The first-order chi connectivity index (χ1) is 13.5. The average molecular weight is 379 g/mol. The third kappa shape index (κ3) is 4.53. The number of aliphatic hydroxyl groups is 1. The van der Waals surface area contributed by atoms with Gasteiger partial charge in [0.25, 0.3) is 5.91 Å². The highest BCUT2D eigenvalue weighted by atomic mass is 19.1. The molecule has 1 heterocycles. The van der Waals surface area contributed by atoms with Gasteiger partial charge < -0.3 is 10.0 Å². The number of amidine groups is 1. The van der Waals surface area contributed by atoms with Gasteiger partial charge in [0.15, 0.2) is 0 Å². The van der Waals surface area contributed by atoms with Gasteiger partial charge in [-0.3, -0.25) is 9.69 Å². The van der Waals surface area contributed by atoms with E-state index in [-0.39, 0.29) is 18.3 Å². The van der Waals surface area contributed by atoms with E-state index >= 15 is 0 Å². The van der Waals surface area contributed by atoms with Crippen molar-refractivity contribution in [2.45, 2.75) is 0 Å². The van der Waals surface area contributed by atoms with Gasteiger partial charge in [0, 0.05) is 26.3 Å². The van der Waals surface area contributed by atoms with Crippen molar-refractivity contribution in [1.29, 1.82) is 0 Å². The molecule has 1 aliphatic rings. The van der Waals surface area contributed by atoms with Gasteiger partial charge in [0.1, 0.15) is 17.3 Å². The number of nitrogens with zero attached hydrogens (tertiary/aromatic N) is 3. The van der Waals surface area contributed by atoms with Crippen molar-refractivity contribution in [1.82, 2.24) is 4.90 Å². The number of likely N-dealkylation sites (N-methyl/N-ethyl adjacent to an activating group) is 2. The summed E-state index contributed by atoms with van der Waals surface area (Å²) in [5.74, 6) is -0.00575. The summed E-state index contributed by atoms with van der Waals surface area (Å²) in [7, 11) is 3.56. The molecule has 144 valence electrons. The summed E-state index contributed by atoms with van der Waals surface area (Å²) in [5, 5.41) is 9.02. The molecule has 0 spiro atoms. The van der Waals surface area contributed by atoms with Crippen LogP contribution in [-0.2, 0) is 4.79 Å². The Kier molecular flexibility index (Phi) is 6.01. The van der Waals surface area contributed by atoms with Crippen molar-refractivity contribution >= 4 is 29.6 Å². The van der Waals surface area contributed by atoms with Crippen LogP contribution >= 0.6 is 0 Å². The number of rotatable bonds is 6. The number of aliphatic imine (C=N–C) groups is 1. The molecule has 1 aliphatic heterocycles. The maximum absolute atomic E-state index is 13.3. The second-order valence-electron chi connectivity index (χ2n) is 6.49. The average Bonchev–Trinajstić information content (AvgIpc) is 2.95. The highest BCUT2D eigenvalue weighted by Crippen LogP contribution is 2.20.